The van der Waals surface area contributed by atoms with E-state index in [9.17, 15) is 4.39 Å². The second kappa shape index (κ2) is 15.0. The zero-order chi connectivity index (χ0) is 19.3. The van der Waals surface area contributed by atoms with Crippen molar-refractivity contribution in [1.29, 1.82) is 0 Å². The normalized spacial score (nSPS) is 11.8. The van der Waals surface area contributed by atoms with Gasteiger partial charge in [0.1, 0.15) is 5.82 Å². The summed E-state index contributed by atoms with van der Waals surface area (Å²) in [5.74, 6) is 0.578. The minimum Gasteiger partial charge on any atom is -0.382 e. The molecule has 156 valence electrons. The van der Waals surface area contributed by atoms with Crippen LogP contribution in [-0.4, -0.2) is 52.5 Å². The molecule has 0 amide bonds. The van der Waals surface area contributed by atoms with Gasteiger partial charge in [0, 0.05) is 32.2 Å². The van der Waals surface area contributed by atoms with Crippen LogP contribution in [0.15, 0.2) is 29.3 Å². The molecule has 0 radical (unpaired) electrons. The van der Waals surface area contributed by atoms with Crippen molar-refractivity contribution < 1.29 is 13.9 Å². The Morgan fingerprint density at radius 2 is 1.93 bits per heavy atom. The lowest BCUT2D eigenvalue weighted by Crippen LogP contribution is -2.39. The molecule has 1 aromatic carbocycles. The predicted molar refractivity (Wildman–Crippen MR) is 121 cm³/mol. The van der Waals surface area contributed by atoms with Crippen LogP contribution in [0, 0.1) is 5.82 Å². The molecule has 7 heteroatoms. The van der Waals surface area contributed by atoms with Crippen LogP contribution in [0.1, 0.15) is 39.2 Å². The molecule has 0 aliphatic heterocycles. The van der Waals surface area contributed by atoms with E-state index < -0.39 is 0 Å². The Kier molecular flexibility index (Phi) is 14.5. The first kappa shape index (κ1) is 26.1. The summed E-state index contributed by atoms with van der Waals surface area (Å²) in [5.41, 5.74) is 0.713. The fraction of sp³-hybridized carbons (Fsp3) is 0.650. The molecule has 5 nitrogen and oxygen atoms in total. The molecule has 27 heavy (non-hydrogen) atoms. The average molecular weight is 495 g/mol. The van der Waals surface area contributed by atoms with E-state index >= 15 is 0 Å². The van der Waals surface area contributed by atoms with Crippen LogP contribution in [0.5, 0.6) is 0 Å². The van der Waals surface area contributed by atoms with Crippen LogP contribution in [0.4, 0.5) is 4.39 Å². The second-order valence-corrected chi connectivity index (χ2v) is 6.83. The quantitative estimate of drug-likeness (QED) is 0.201. The molecule has 0 spiro atoms. The fourth-order valence-corrected chi connectivity index (χ4v) is 2.40. The van der Waals surface area contributed by atoms with E-state index in [0.29, 0.717) is 19.8 Å². The summed E-state index contributed by atoms with van der Waals surface area (Å²) >= 11 is 0. The molecule has 0 unspecified atom stereocenters. The van der Waals surface area contributed by atoms with Gasteiger partial charge in [0.15, 0.2) is 5.96 Å². The third-order valence-corrected chi connectivity index (χ3v) is 4.02. The fourth-order valence-electron chi connectivity index (χ4n) is 2.40. The van der Waals surface area contributed by atoms with Gasteiger partial charge >= 0.3 is 0 Å². The van der Waals surface area contributed by atoms with Gasteiger partial charge in [-0.15, -0.1) is 24.0 Å². The number of hydrogen-bond donors (Lipinski definition) is 2. The van der Waals surface area contributed by atoms with E-state index in [1.54, 1.807) is 19.2 Å². The lowest BCUT2D eigenvalue weighted by molar-refractivity contribution is 0.0689. The Balaban J connectivity index is 0.00000676. The van der Waals surface area contributed by atoms with Gasteiger partial charge in [-0.1, -0.05) is 26.0 Å². The van der Waals surface area contributed by atoms with Crippen LogP contribution in [0.2, 0.25) is 0 Å². The zero-order valence-corrected chi connectivity index (χ0v) is 19.3. The topological polar surface area (TPSA) is 54.9 Å². The van der Waals surface area contributed by atoms with Gasteiger partial charge in [0.2, 0.25) is 0 Å². The summed E-state index contributed by atoms with van der Waals surface area (Å²) < 4.78 is 23.9. The Hall–Kier alpha value is -0.930. The molecular formula is C20H35FIN3O2. The van der Waals surface area contributed by atoms with Crippen LogP contribution in [0.3, 0.4) is 0 Å². The van der Waals surface area contributed by atoms with Gasteiger partial charge in [-0.3, -0.25) is 4.99 Å². The number of nitrogens with one attached hydrogen (secondary N) is 2. The zero-order valence-electron chi connectivity index (χ0n) is 17.0. The third kappa shape index (κ3) is 11.5. The van der Waals surface area contributed by atoms with Crippen molar-refractivity contribution in [2.45, 2.75) is 39.0 Å². The van der Waals surface area contributed by atoms with Crippen molar-refractivity contribution in [1.82, 2.24) is 10.6 Å². The number of ether oxygens (including phenoxy) is 2. The number of guanidine groups is 1. The van der Waals surface area contributed by atoms with Crippen LogP contribution in [-0.2, 0) is 14.9 Å². The van der Waals surface area contributed by atoms with Crippen molar-refractivity contribution >= 4 is 29.9 Å². The Labute approximate surface area is 180 Å². The van der Waals surface area contributed by atoms with Gasteiger partial charge in [-0.05, 0) is 37.5 Å². The van der Waals surface area contributed by atoms with E-state index in [0.717, 1.165) is 44.1 Å². The summed E-state index contributed by atoms with van der Waals surface area (Å²) in [6.45, 7) is 10.4. The highest BCUT2D eigenvalue weighted by Gasteiger charge is 2.21. The SMILES string of the molecule is CCNC(=NCC(C)(C)c1cccc(F)c1)NCCCCOCCOC.I. The van der Waals surface area contributed by atoms with Gasteiger partial charge in [-0.2, -0.15) is 0 Å². The maximum atomic E-state index is 13.5. The molecule has 0 heterocycles. The molecule has 1 rings (SSSR count). The number of halogens is 2. The van der Waals surface area contributed by atoms with Gasteiger partial charge in [-0.25, -0.2) is 4.39 Å². The van der Waals surface area contributed by atoms with E-state index in [2.05, 4.69) is 29.5 Å². The van der Waals surface area contributed by atoms with E-state index in [4.69, 9.17) is 9.47 Å². The maximum Gasteiger partial charge on any atom is 0.191 e. The molecule has 2 N–H and O–H groups in total. The van der Waals surface area contributed by atoms with E-state index in [1.807, 2.05) is 13.0 Å². The van der Waals surface area contributed by atoms with Crippen molar-refractivity contribution in [3.8, 4) is 0 Å². The molecule has 0 aliphatic carbocycles. The molecule has 1 aromatic rings. The summed E-state index contributed by atoms with van der Waals surface area (Å²) in [6, 6.07) is 6.74. The summed E-state index contributed by atoms with van der Waals surface area (Å²) in [6.07, 6.45) is 2.00. The molecule has 0 aliphatic rings. The third-order valence-electron chi connectivity index (χ3n) is 4.02. The standard InChI is InChI=1S/C20H34FN3O2.HI/c1-5-22-19(23-11-6-7-12-26-14-13-25-4)24-16-20(2,3)17-9-8-10-18(21)15-17;/h8-10,15H,5-7,11-14,16H2,1-4H3,(H2,22,23,24);1H. The Morgan fingerprint density at radius 1 is 1.15 bits per heavy atom. The van der Waals surface area contributed by atoms with Crippen molar-refractivity contribution in [2.24, 2.45) is 4.99 Å². The Bertz CT molecular complexity index is 542. The van der Waals surface area contributed by atoms with Crippen LogP contribution >= 0.6 is 24.0 Å². The van der Waals surface area contributed by atoms with Gasteiger partial charge < -0.3 is 20.1 Å². The minimum atomic E-state index is -0.236. The number of methoxy groups -OCH3 is 1. The number of unbranched alkanes of at least 4 members (excludes halogenated alkanes) is 1. The number of hydrogen-bond acceptors (Lipinski definition) is 3. The molecule has 0 bridgehead atoms. The molecule has 0 aromatic heterocycles. The first-order chi connectivity index (χ1) is 12.5. The minimum absolute atomic E-state index is 0. The lowest BCUT2D eigenvalue weighted by Gasteiger charge is -2.24. The molecule has 0 saturated heterocycles. The molecule has 0 saturated carbocycles. The second-order valence-electron chi connectivity index (χ2n) is 6.83. The van der Waals surface area contributed by atoms with Crippen molar-refractivity contribution in [3.05, 3.63) is 35.6 Å². The number of rotatable bonds is 12. The average Bonchev–Trinajstić information content (AvgIpc) is 2.62. The number of aliphatic imine (C=N–C) groups is 1. The summed E-state index contributed by atoms with van der Waals surface area (Å²) in [5, 5.41) is 6.60. The highest BCUT2D eigenvalue weighted by atomic mass is 127. The maximum absolute atomic E-state index is 13.5. The lowest BCUT2D eigenvalue weighted by atomic mass is 9.85. The first-order valence-corrected chi connectivity index (χ1v) is 9.34. The highest BCUT2D eigenvalue weighted by Crippen LogP contribution is 2.24. The van der Waals surface area contributed by atoms with Crippen molar-refractivity contribution in [3.63, 3.8) is 0 Å². The first-order valence-electron chi connectivity index (χ1n) is 9.34. The molecule has 0 atom stereocenters. The summed E-state index contributed by atoms with van der Waals surface area (Å²) in [7, 11) is 1.67. The Morgan fingerprint density at radius 3 is 2.59 bits per heavy atom. The molecular weight excluding hydrogens is 460 g/mol. The van der Waals surface area contributed by atoms with Crippen LogP contribution < -0.4 is 10.6 Å². The smallest absolute Gasteiger partial charge is 0.191 e. The monoisotopic (exact) mass is 495 g/mol. The predicted octanol–water partition coefficient (Wildman–Crippen LogP) is 3.72. The largest absolute Gasteiger partial charge is 0.382 e. The highest BCUT2D eigenvalue weighted by molar-refractivity contribution is 14.0. The molecule has 0 fully saturated rings. The van der Waals surface area contributed by atoms with Crippen LogP contribution in [0.25, 0.3) is 0 Å². The van der Waals surface area contributed by atoms with Gasteiger partial charge in [0.05, 0.1) is 19.8 Å². The van der Waals surface area contributed by atoms with E-state index in [-0.39, 0.29) is 35.2 Å². The number of nitrogens with zero attached hydrogens (tertiary/aromatic N) is 1. The van der Waals surface area contributed by atoms with E-state index in [1.165, 1.54) is 6.07 Å². The van der Waals surface area contributed by atoms with Crippen molar-refractivity contribution in [2.75, 3.05) is 46.6 Å². The number of benzene rings is 1. The summed E-state index contributed by atoms with van der Waals surface area (Å²) in [4.78, 5) is 4.67. The van der Waals surface area contributed by atoms with Gasteiger partial charge in [0.25, 0.3) is 0 Å².